The second-order valence-electron chi connectivity index (χ2n) is 8.25. The summed E-state index contributed by atoms with van der Waals surface area (Å²) in [4.78, 5) is 26.6. The van der Waals surface area contributed by atoms with Crippen LogP contribution < -0.4 is 15.8 Å². The molecule has 0 saturated carbocycles. The Morgan fingerprint density at radius 3 is 2.44 bits per heavy atom. The molecule has 0 radical (unpaired) electrons. The number of nitrogens with one attached hydrogen (secondary N) is 1. The van der Waals surface area contributed by atoms with Gasteiger partial charge in [0.15, 0.2) is 5.65 Å². The summed E-state index contributed by atoms with van der Waals surface area (Å²) in [5.41, 5.74) is 3.82. The van der Waals surface area contributed by atoms with Gasteiger partial charge in [0.05, 0.1) is 5.69 Å². The van der Waals surface area contributed by atoms with Crippen molar-refractivity contribution in [2.45, 2.75) is 0 Å². The zero-order chi connectivity index (χ0) is 24.1. The smallest absolute Gasteiger partial charge is 0.257 e. The highest BCUT2D eigenvalue weighted by atomic mass is 32.1. The van der Waals surface area contributed by atoms with Gasteiger partial charge in [-0.25, -0.2) is 4.98 Å². The fourth-order valence-corrected chi connectivity index (χ4v) is 3.80. The molecule has 0 bridgehead atoms. The van der Waals surface area contributed by atoms with E-state index < -0.39 is 0 Å². The number of likely N-dealkylation sites (N-methyl/N-ethyl adjacent to an activating group) is 2. The van der Waals surface area contributed by atoms with Gasteiger partial charge in [-0.2, -0.15) is 17.6 Å². The molecule has 0 aliphatic carbocycles. The number of hydrogen-bond acceptors (Lipinski definition) is 7. The molecule has 34 heavy (non-hydrogen) atoms. The number of rotatable bonds is 8. The molecule has 2 aromatic heterocycles. The van der Waals surface area contributed by atoms with E-state index in [0.717, 1.165) is 41.1 Å². The second kappa shape index (κ2) is 10.5. The van der Waals surface area contributed by atoms with Gasteiger partial charge in [0.25, 0.3) is 5.56 Å². The molecule has 8 heteroatoms. The highest BCUT2D eigenvalue weighted by Gasteiger charge is 2.13. The molecule has 2 aromatic carbocycles. The normalized spacial score (nSPS) is 11.4. The maximum absolute atomic E-state index is 13.0. The summed E-state index contributed by atoms with van der Waals surface area (Å²) in [6.07, 6.45) is 3.50. The van der Waals surface area contributed by atoms with Crippen LogP contribution in [0.15, 0.2) is 77.1 Å². The summed E-state index contributed by atoms with van der Waals surface area (Å²) in [6.45, 7) is 1.92. The number of fused-ring (bicyclic) bond motifs is 1. The predicted molar refractivity (Wildman–Crippen MR) is 145 cm³/mol. The van der Waals surface area contributed by atoms with Gasteiger partial charge >= 0.3 is 0 Å². The van der Waals surface area contributed by atoms with Gasteiger partial charge in [0.2, 0.25) is 5.95 Å². The Bertz CT molecular complexity index is 1350. The van der Waals surface area contributed by atoms with Gasteiger partial charge in [-0.3, -0.25) is 9.36 Å². The molecule has 0 unspecified atom stereocenters. The Morgan fingerprint density at radius 1 is 1.03 bits per heavy atom. The Hall–Kier alpha value is -3.62. The molecule has 0 saturated heterocycles. The van der Waals surface area contributed by atoms with E-state index in [-0.39, 0.29) is 5.56 Å². The zero-order valence-corrected chi connectivity index (χ0v) is 20.4. The molecule has 0 amide bonds. The van der Waals surface area contributed by atoms with Crippen molar-refractivity contribution in [3.05, 3.63) is 88.2 Å². The molecule has 174 valence electrons. The lowest BCUT2D eigenvalue weighted by molar-refractivity contribution is 0.416. The van der Waals surface area contributed by atoms with Crippen LogP contribution in [-0.4, -0.2) is 53.7 Å². The molecular formula is C26H28N6OS. The lowest BCUT2D eigenvalue weighted by Crippen LogP contribution is -2.28. The molecule has 4 aromatic rings. The SMILES string of the molecule is CN(C)CCN(C)c1ccc(Nc2ncc3c(/C=C/S)cc(=O)n(-c4ccccc4)c3n2)cc1. The van der Waals surface area contributed by atoms with Crippen LogP contribution in [-0.2, 0) is 0 Å². The standard InChI is InChI=1S/C26H28N6OS/c1-30(2)14-15-31(3)21-11-9-20(10-12-21)28-26-27-18-23-19(13-16-34)17-24(33)32(25(23)29-26)22-7-5-4-6-8-22/h4-13,16-18,34H,14-15H2,1-3H3,(H,27,28,29)/b16-13+. The summed E-state index contributed by atoms with van der Waals surface area (Å²) in [7, 11) is 6.22. The molecular weight excluding hydrogens is 444 g/mol. The summed E-state index contributed by atoms with van der Waals surface area (Å²) in [6, 6.07) is 19.2. The molecule has 0 aliphatic rings. The van der Waals surface area contributed by atoms with Crippen molar-refractivity contribution in [1.82, 2.24) is 19.4 Å². The monoisotopic (exact) mass is 472 g/mol. The lowest BCUT2D eigenvalue weighted by Gasteiger charge is -2.21. The van der Waals surface area contributed by atoms with Crippen LogP contribution in [0, 0.1) is 0 Å². The average Bonchev–Trinajstić information content (AvgIpc) is 2.83. The molecule has 4 rings (SSSR count). The maximum atomic E-state index is 13.0. The maximum Gasteiger partial charge on any atom is 0.257 e. The predicted octanol–water partition coefficient (Wildman–Crippen LogP) is 4.42. The van der Waals surface area contributed by atoms with E-state index >= 15 is 0 Å². The summed E-state index contributed by atoms with van der Waals surface area (Å²) in [5.74, 6) is 0.414. The molecule has 1 N–H and O–H groups in total. The van der Waals surface area contributed by atoms with Crippen LogP contribution in [0.4, 0.5) is 17.3 Å². The van der Waals surface area contributed by atoms with E-state index in [4.69, 9.17) is 4.98 Å². The van der Waals surface area contributed by atoms with E-state index in [1.165, 1.54) is 0 Å². The lowest BCUT2D eigenvalue weighted by atomic mass is 10.1. The van der Waals surface area contributed by atoms with Gasteiger partial charge in [-0.15, -0.1) is 0 Å². The minimum atomic E-state index is -0.171. The fourth-order valence-electron chi connectivity index (χ4n) is 3.64. The van der Waals surface area contributed by atoms with Crippen molar-refractivity contribution in [3.8, 4) is 5.69 Å². The van der Waals surface area contributed by atoms with E-state index in [0.29, 0.717) is 11.6 Å². The van der Waals surface area contributed by atoms with Crippen molar-refractivity contribution in [2.75, 3.05) is 44.4 Å². The van der Waals surface area contributed by atoms with Crippen molar-refractivity contribution in [2.24, 2.45) is 0 Å². The Balaban J connectivity index is 1.68. The highest BCUT2D eigenvalue weighted by Crippen LogP contribution is 2.23. The first kappa shape index (κ1) is 23.5. The topological polar surface area (TPSA) is 66.3 Å². The van der Waals surface area contributed by atoms with E-state index in [2.05, 4.69) is 66.0 Å². The number of para-hydroxylation sites is 1. The van der Waals surface area contributed by atoms with Crippen LogP contribution in [0.5, 0.6) is 0 Å². The highest BCUT2D eigenvalue weighted by molar-refractivity contribution is 7.83. The minimum Gasteiger partial charge on any atom is -0.373 e. The third-order valence-electron chi connectivity index (χ3n) is 5.51. The average molecular weight is 473 g/mol. The molecule has 7 nitrogen and oxygen atoms in total. The van der Waals surface area contributed by atoms with Gasteiger partial charge in [-0.1, -0.05) is 18.2 Å². The van der Waals surface area contributed by atoms with Gasteiger partial charge in [-0.05, 0) is 67.5 Å². The quantitative estimate of drug-likeness (QED) is 0.370. The number of pyridine rings is 1. The number of anilines is 3. The number of hydrogen-bond donors (Lipinski definition) is 2. The minimum absolute atomic E-state index is 0.171. The molecule has 0 spiro atoms. The molecule has 0 atom stereocenters. The fraction of sp³-hybridized carbons (Fsp3) is 0.192. The van der Waals surface area contributed by atoms with Crippen LogP contribution in [0.2, 0.25) is 0 Å². The number of aromatic nitrogens is 3. The molecule has 0 fully saturated rings. The Morgan fingerprint density at radius 2 is 1.76 bits per heavy atom. The third kappa shape index (κ3) is 5.30. The number of thiol groups is 1. The second-order valence-corrected chi connectivity index (χ2v) is 8.55. The number of benzene rings is 2. The Labute approximate surface area is 204 Å². The van der Waals surface area contributed by atoms with Crippen LogP contribution >= 0.6 is 12.6 Å². The van der Waals surface area contributed by atoms with E-state index in [9.17, 15) is 4.79 Å². The summed E-state index contributed by atoms with van der Waals surface area (Å²) < 4.78 is 1.60. The summed E-state index contributed by atoms with van der Waals surface area (Å²) >= 11 is 4.17. The van der Waals surface area contributed by atoms with Crippen molar-refractivity contribution in [3.63, 3.8) is 0 Å². The summed E-state index contributed by atoms with van der Waals surface area (Å²) in [5, 5.41) is 5.63. The molecule has 0 aliphatic heterocycles. The largest absolute Gasteiger partial charge is 0.373 e. The molecule has 2 heterocycles. The third-order valence-corrected chi connectivity index (χ3v) is 5.66. The van der Waals surface area contributed by atoms with E-state index in [1.54, 1.807) is 28.3 Å². The first-order chi connectivity index (χ1) is 16.5. The van der Waals surface area contributed by atoms with Crippen molar-refractivity contribution in [1.29, 1.82) is 0 Å². The van der Waals surface area contributed by atoms with Gasteiger partial charge < -0.3 is 15.1 Å². The van der Waals surface area contributed by atoms with E-state index in [1.807, 2.05) is 42.5 Å². The number of nitrogens with zero attached hydrogens (tertiary/aromatic N) is 5. The van der Waals surface area contributed by atoms with Crippen molar-refractivity contribution < 1.29 is 0 Å². The Kier molecular flexibility index (Phi) is 7.30. The van der Waals surface area contributed by atoms with Crippen LogP contribution in [0.25, 0.3) is 22.8 Å². The van der Waals surface area contributed by atoms with Crippen LogP contribution in [0.3, 0.4) is 0 Å². The first-order valence-electron chi connectivity index (χ1n) is 11.0. The van der Waals surface area contributed by atoms with Crippen molar-refractivity contribution >= 4 is 47.1 Å². The van der Waals surface area contributed by atoms with Gasteiger partial charge in [0, 0.05) is 49.2 Å². The zero-order valence-electron chi connectivity index (χ0n) is 19.5. The van der Waals surface area contributed by atoms with Crippen LogP contribution in [0.1, 0.15) is 5.56 Å². The van der Waals surface area contributed by atoms with Gasteiger partial charge in [0.1, 0.15) is 0 Å². The first-order valence-corrected chi connectivity index (χ1v) is 11.5.